The quantitative estimate of drug-likeness (QED) is 0.760. The lowest BCUT2D eigenvalue weighted by atomic mass is 10.0. The highest BCUT2D eigenvalue weighted by molar-refractivity contribution is 6.31. The van der Waals surface area contributed by atoms with Crippen molar-refractivity contribution < 1.29 is 9.53 Å². The van der Waals surface area contributed by atoms with Crippen LogP contribution in [0.25, 0.3) is 0 Å². The lowest BCUT2D eigenvalue weighted by Crippen LogP contribution is -2.44. The third-order valence-corrected chi connectivity index (χ3v) is 5.30. The predicted octanol–water partition coefficient (Wildman–Crippen LogP) is 4.52. The molecule has 2 aromatic rings. The van der Waals surface area contributed by atoms with Crippen molar-refractivity contribution in [2.24, 2.45) is 0 Å². The van der Waals surface area contributed by atoms with Crippen molar-refractivity contribution in [1.29, 1.82) is 0 Å². The first-order valence-corrected chi connectivity index (χ1v) is 10.0. The minimum absolute atomic E-state index is 0.0706. The molecular weight excluding hydrogens is 360 g/mol. The first kappa shape index (κ1) is 19.7. The topological polar surface area (TPSA) is 41.6 Å². The van der Waals surface area contributed by atoms with Gasteiger partial charge < -0.3 is 15.0 Å². The van der Waals surface area contributed by atoms with Gasteiger partial charge in [-0.25, -0.2) is 0 Å². The minimum Gasteiger partial charge on any atom is -0.488 e. The van der Waals surface area contributed by atoms with Gasteiger partial charge in [0, 0.05) is 29.7 Å². The maximum absolute atomic E-state index is 12.8. The number of halogens is 1. The van der Waals surface area contributed by atoms with Crippen LogP contribution in [0.4, 0.5) is 0 Å². The molecule has 1 aliphatic rings. The predicted molar refractivity (Wildman–Crippen MR) is 109 cm³/mol. The molecule has 3 rings (SSSR count). The number of amides is 1. The molecule has 0 bridgehead atoms. The van der Waals surface area contributed by atoms with E-state index in [1.54, 1.807) is 0 Å². The molecule has 2 aromatic carbocycles. The molecule has 0 aromatic heterocycles. The van der Waals surface area contributed by atoms with Gasteiger partial charge >= 0.3 is 0 Å². The van der Waals surface area contributed by atoms with Crippen LogP contribution in [-0.2, 0) is 6.61 Å². The second-order valence-electron chi connectivity index (χ2n) is 6.97. The molecule has 4 nitrogen and oxygen atoms in total. The van der Waals surface area contributed by atoms with Gasteiger partial charge in [-0.2, -0.15) is 0 Å². The van der Waals surface area contributed by atoms with Crippen LogP contribution in [0.3, 0.4) is 0 Å². The molecule has 1 aliphatic heterocycles. The minimum atomic E-state index is -0.0706. The lowest BCUT2D eigenvalue weighted by Gasteiger charge is -2.32. The van der Waals surface area contributed by atoms with E-state index in [-0.39, 0.29) is 11.9 Å². The van der Waals surface area contributed by atoms with Gasteiger partial charge in [-0.05, 0) is 44.0 Å². The Labute approximate surface area is 166 Å². The van der Waals surface area contributed by atoms with Crippen molar-refractivity contribution in [3.05, 3.63) is 64.7 Å². The van der Waals surface area contributed by atoms with Gasteiger partial charge in [-0.15, -0.1) is 0 Å². The molecule has 1 heterocycles. The van der Waals surface area contributed by atoms with Crippen LogP contribution in [0.1, 0.15) is 42.1 Å². The van der Waals surface area contributed by atoms with Crippen molar-refractivity contribution in [2.45, 2.75) is 38.8 Å². The van der Waals surface area contributed by atoms with Crippen LogP contribution in [0.5, 0.6) is 5.75 Å². The van der Waals surface area contributed by atoms with E-state index in [0.29, 0.717) is 22.9 Å². The maximum Gasteiger partial charge on any atom is 0.255 e. The summed E-state index contributed by atoms with van der Waals surface area (Å²) in [6.45, 7) is 5.76. The summed E-state index contributed by atoms with van der Waals surface area (Å²) in [6, 6.07) is 15.2. The molecule has 27 heavy (non-hydrogen) atoms. The molecule has 0 atom stereocenters. The summed E-state index contributed by atoms with van der Waals surface area (Å²) >= 11 is 6.19. The zero-order valence-electron chi connectivity index (χ0n) is 15.8. The molecule has 0 aliphatic carbocycles. The van der Waals surface area contributed by atoms with E-state index in [4.69, 9.17) is 16.3 Å². The SMILES string of the molecule is CCCN1CCC(NC(=O)c2ccccc2OCc2ccccc2Cl)CC1. The molecule has 0 spiro atoms. The van der Waals surface area contributed by atoms with Gasteiger partial charge in [0.1, 0.15) is 12.4 Å². The average molecular weight is 387 g/mol. The third kappa shape index (κ3) is 5.47. The maximum atomic E-state index is 12.8. The average Bonchev–Trinajstić information content (AvgIpc) is 2.69. The summed E-state index contributed by atoms with van der Waals surface area (Å²) < 4.78 is 5.91. The first-order chi connectivity index (χ1) is 13.2. The molecule has 0 saturated carbocycles. The molecule has 1 saturated heterocycles. The largest absolute Gasteiger partial charge is 0.488 e. The van der Waals surface area contributed by atoms with E-state index in [1.165, 1.54) is 6.42 Å². The number of ether oxygens (including phenoxy) is 1. The van der Waals surface area contributed by atoms with Crippen LogP contribution in [0.2, 0.25) is 5.02 Å². The Morgan fingerprint density at radius 1 is 1.15 bits per heavy atom. The second-order valence-corrected chi connectivity index (χ2v) is 7.37. The van der Waals surface area contributed by atoms with E-state index in [9.17, 15) is 4.79 Å². The van der Waals surface area contributed by atoms with Crippen LogP contribution in [0.15, 0.2) is 48.5 Å². The Morgan fingerprint density at radius 3 is 2.59 bits per heavy atom. The van der Waals surface area contributed by atoms with Crippen LogP contribution in [0, 0.1) is 0 Å². The van der Waals surface area contributed by atoms with E-state index in [1.807, 2.05) is 48.5 Å². The number of para-hydroxylation sites is 1. The number of nitrogens with zero attached hydrogens (tertiary/aromatic N) is 1. The Balaban J connectivity index is 1.60. The molecular formula is C22H27ClN2O2. The number of nitrogens with one attached hydrogen (secondary N) is 1. The number of piperidine rings is 1. The van der Waals surface area contributed by atoms with Crippen LogP contribution in [-0.4, -0.2) is 36.5 Å². The van der Waals surface area contributed by atoms with Gasteiger partial charge in [-0.3, -0.25) is 4.79 Å². The summed E-state index contributed by atoms with van der Waals surface area (Å²) in [6.07, 6.45) is 3.16. The number of hydrogen-bond acceptors (Lipinski definition) is 3. The molecule has 144 valence electrons. The fourth-order valence-electron chi connectivity index (χ4n) is 3.43. The molecule has 5 heteroatoms. The number of hydrogen-bond donors (Lipinski definition) is 1. The van der Waals surface area contributed by atoms with Gasteiger partial charge in [0.2, 0.25) is 0 Å². The smallest absolute Gasteiger partial charge is 0.255 e. The number of rotatable bonds is 7. The van der Waals surface area contributed by atoms with Crippen molar-refractivity contribution in [3.8, 4) is 5.75 Å². The second kappa shape index (κ2) is 9.77. The van der Waals surface area contributed by atoms with E-state index in [0.717, 1.165) is 38.0 Å². The summed E-state index contributed by atoms with van der Waals surface area (Å²) in [5.41, 5.74) is 1.47. The Morgan fingerprint density at radius 2 is 1.85 bits per heavy atom. The fraction of sp³-hybridized carbons (Fsp3) is 0.409. The monoisotopic (exact) mass is 386 g/mol. The summed E-state index contributed by atoms with van der Waals surface area (Å²) in [5.74, 6) is 0.511. The highest BCUT2D eigenvalue weighted by Crippen LogP contribution is 2.22. The highest BCUT2D eigenvalue weighted by atomic mass is 35.5. The van der Waals surface area contributed by atoms with Crippen molar-refractivity contribution in [1.82, 2.24) is 10.2 Å². The lowest BCUT2D eigenvalue weighted by molar-refractivity contribution is 0.0906. The van der Waals surface area contributed by atoms with Crippen LogP contribution >= 0.6 is 11.6 Å². The Kier molecular flexibility index (Phi) is 7.13. The van der Waals surface area contributed by atoms with Crippen molar-refractivity contribution >= 4 is 17.5 Å². The first-order valence-electron chi connectivity index (χ1n) is 9.66. The number of benzene rings is 2. The standard InChI is InChI=1S/C22H27ClN2O2/c1-2-13-25-14-11-18(12-15-25)24-22(26)19-8-4-6-10-21(19)27-16-17-7-3-5-9-20(17)23/h3-10,18H,2,11-16H2,1H3,(H,24,26). The summed E-state index contributed by atoms with van der Waals surface area (Å²) in [5, 5.41) is 3.84. The number of carbonyl (C=O) groups is 1. The van der Waals surface area contributed by atoms with E-state index in [2.05, 4.69) is 17.1 Å². The Bertz CT molecular complexity index is 757. The molecule has 1 amide bonds. The van der Waals surface area contributed by atoms with E-state index >= 15 is 0 Å². The van der Waals surface area contributed by atoms with Crippen LogP contribution < -0.4 is 10.1 Å². The van der Waals surface area contributed by atoms with Crippen molar-refractivity contribution in [3.63, 3.8) is 0 Å². The zero-order valence-corrected chi connectivity index (χ0v) is 16.5. The van der Waals surface area contributed by atoms with Gasteiger partial charge in [-0.1, -0.05) is 48.9 Å². The normalized spacial score (nSPS) is 15.5. The molecule has 1 fully saturated rings. The third-order valence-electron chi connectivity index (χ3n) is 4.94. The van der Waals surface area contributed by atoms with Gasteiger partial charge in [0.05, 0.1) is 5.56 Å². The molecule has 0 unspecified atom stereocenters. The van der Waals surface area contributed by atoms with E-state index < -0.39 is 0 Å². The fourth-order valence-corrected chi connectivity index (χ4v) is 3.62. The van der Waals surface area contributed by atoms with Crippen molar-refractivity contribution in [2.75, 3.05) is 19.6 Å². The zero-order chi connectivity index (χ0) is 19.1. The summed E-state index contributed by atoms with van der Waals surface area (Å²) in [7, 11) is 0. The summed E-state index contributed by atoms with van der Waals surface area (Å²) in [4.78, 5) is 15.3. The van der Waals surface area contributed by atoms with Gasteiger partial charge in [0.15, 0.2) is 0 Å². The Hall–Kier alpha value is -2.04. The number of carbonyl (C=O) groups excluding carboxylic acids is 1. The van der Waals surface area contributed by atoms with Gasteiger partial charge in [0.25, 0.3) is 5.91 Å². The molecule has 0 radical (unpaired) electrons. The molecule has 1 N–H and O–H groups in total. The highest BCUT2D eigenvalue weighted by Gasteiger charge is 2.22. The number of likely N-dealkylation sites (tertiary alicyclic amines) is 1.